The number of ether oxygens (including phenoxy) is 2. The van der Waals surface area contributed by atoms with Crippen LogP contribution in [0.5, 0.6) is 5.75 Å². The van der Waals surface area contributed by atoms with Gasteiger partial charge in [0.25, 0.3) is 0 Å². The number of hydrogen-bond donors (Lipinski definition) is 0. The minimum Gasteiger partial charge on any atom is -0.486 e. The van der Waals surface area contributed by atoms with Crippen LogP contribution >= 0.6 is 11.3 Å². The molecule has 4 nitrogen and oxygen atoms in total. The van der Waals surface area contributed by atoms with Gasteiger partial charge in [0.1, 0.15) is 18.5 Å². The van der Waals surface area contributed by atoms with E-state index in [4.69, 9.17) is 17.3 Å². The van der Waals surface area contributed by atoms with Crippen LogP contribution in [0.2, 0.25) is 0 Å². The van der Waals surface area contributed by atoms with Crippen molar-refractivity contribution in [2.24, 2.45) is 0 Å². The summed E-state index contributed by atoms with van der Waals surface area (Å²) in [7, 11) is 5.71. The Bertz CT molecular complexity index is 748. The summed E-state index contributed by atoms with van der Waals surface area (Å²) in [6.07, 6.45) is 0. The van der Waals surface area contributed by atoms with Crippen molar-refractivity contribution in [3.63, 3.8) is 0 Å². The van der Waals surface area contributed by atoms with Gasteiger partial charge in [0.05, 0.1) is 12.3 Å². The van der Waals surface area contributed by atoms with Crippen molar-refractivity contribution >= 4 is 30.6 Å². The van der Waals surface area contributed by atoms with Crippen LogP contribution in [0.15, 0.2) is 18.2 Å². The van der Waals surface area contributed by atoms with Crippen LogP contribution in [-0.4, -0.2) is 32.0 Å². The van der Waals surface area contributed by atoms with E-state index in [-0.39, 0.29) is 27.9 Å². The Balaban J connectivity index is 2.19. The molecule has 0 N–H and O–H groups in total. The second kappa shape index (κ2) is 5.35. The smallest absolute Gasteiger partial charge is 0.367 e. The molecule has 3 rings (SSSR count). The minimum atomic E-state index is -3.24. The van der Waals surface area contributed by atoms with Gasteiger partial charge in [0.2, 0.25) is 5.01 Å². The molecule has 22 heavy (non-hydrogen) atoms. The molecular weight excluding hydrogens is 311 g/mol. The molecule has 2 aromatic rings. The zero-order valence-corrected chi connectivity index (χ0v) is 12.4. The van der Waals surface area contributed by atoms with Crippen LogP contribution in [0.4, 0.5) is 8.78 Å². The number of aromatic nitrogens is 1. The number of nitrogens with zero attached hydrogens (tertiary/aromatic N) is 1. The van der Waals surface area contributed by atoms with Gasteiger partial charge in [-0.25, -0.2) is 9.78 Å². The molecule has 0 saturated heterocycles. The van der Waals surface area contributed by atoms with Gasteiger partial charge in [0.15, 0.2) is 6.61 Å². The molecule has 0 fully saturated rings. The van der Waals surface area contributed by atoms with Crippen molar-refractivity contribution in [3.05, 3.63) is 28.1 Å². The number of carbonyl (C=O) groups is 1. The number of thiazole rings is 1. The average molecular weight is 321 g/mol. The highest BCUT2D eigenvalue weighted by atomic mass is 32.1. The maximum absolute atomic E-state index is 14.2. The fourth-order valence-corrected chi connectivity index (χ4v) is 3.06. The topological polar surface area (TPSA) is 48.4 Å². The van der Waals surface area contributed by atoms with E-state index in [9.17, 15) is 13.6 Å². The summed E-state index contributed by atoms with van der Waals surface area (Å²) < 4.78 is 38.5. The van der Waals surface area contributed by atoms with Crippen LogP contribution in [0.25, 0.3) is 11.3 Å². The van der Waals surface area contributed by atoms with E-state index in [1.807, 2.05) is 0 Å². The normalized spacial score (nSPS) is 15.2. The Labute approximate surface area is 130 Å². The second-order valence-corrected chi connectivity index (χ2v) is 5.67. The lowest BCUT2D eigenvalue weighted by Gasteiger charge is -2.12. The minimum absolute atomic E-state index is 0.0119. The molecule has 0 unspecified atom stereocenters. The quantitative estimate of drug-likeness (QED) is 0.629. The molecule has 8 heteroatoms. The SMILES string of the molecule is [B]c1ccc2c(c1)-c1nc(C(=O)OCC)sc1C(F)(F)CO2. The summed E-state index contributed by atoms with van der Waals surface area (Å²) in [4.78, 5) is 15.5. The monoisotopic (exact) mass is 321 g/mol. The van der Waals surface area contributed by atoms with Gasteiger partial charge in [-0.05, 0) is 13.0 Å². The third-order valence-electron chi connectivity index (χ3n) is 3.08. The van der Waals surface area contributed by atoms with E-state index in [0.29, 0.717) is 22.4 Å². The standard InChI is InChI=1S/C14H10BF2NO3S/c1-2-20-13(19)12-18-10-8-5-7(15)3-4-9(8)21-6-14(16,17)11(10)22-12/h3-5H,2,6H2,1H3. The van der Waals surface area contributed by atoms with E-state index in [2.05, 4.69) is 4.98 Å². The van der Waals surface area contributed by atoms with Gasteiger partial charge in [-0.3, -0.25) is 0 Å². The first-order valence-corrected chi connectivity index (χ1v) is 7.33. The molecule has 0 atom stereocenters. The molecule has 1 aromatic carbocycles. The Hall–Kier alpha value is -1.96. The van der Waals surface area contributed by atoms with E-state index < -0.39 is 18.5 Å². The van der Waals surface area contributed by atoms with E-state index >= 15 is 0 Å². The van der Waals surface area contributed by atoms with Crippen molar-refractivity contribution in [2.45, 2.75) is 12.8 Å². The molecule has 2 radical (unpaired) electrons. The summed E-state index contributed by atoms with van der Waals surface area (Å²) in [6.45, 7) is 0.961. The first-order chi connectivity index (χ1) is 10.4. The third kappa shape index (κ3) is 2.47. The second-order valence-electron chi connectivity index (χ2n) is 4.67. The van der Waals surface area contributed by atoms with Crippen LogP contribution in [-0.2, 0) is 10.7 Å². The summed E-state index contributed by atoms with van der Waals surface area (Å²) in [5, 5.41) is -0.109. The van der Waals surface area contributed by atoms with Gasteiger partial charge in [0, 0.05) is 5.56 Å². The number of benzene rings is 1. The Morgan fingerprint density at radius 1 is 1.55 bits per heavy atom. The van der Waals surface area contributed by atoms with Crippen molar-refractivity contribution in [1.82, 2.24) is 4.98 Å². The zero-order valence-electron chi connectivity index (χ0n) is 11.6. The van der Waals surface area contributed by atoms with Gasteiger partial charge >= 0.3 is 11.9 Å². The fraction of sp³-hybridized carbons (Fsp3) is 0.286. The largest absolute Gasteiger partial charge is 0.486 e. The maximum atomic E-state index is 14.2. The highest BCUT2D eigenvalue weighted by Gasteiger charge is 2.42. The Kier molecular flexibility index (Phi) is 3.64. The zero-order chi connectivity index (χ0) is 15.9. The highest BCUT2D eigenvalue weighted by Crippen LogP contribution is 2.45. The number of hydrogen-bond acceptors (Lipinski definition) is 5. The molecule has 0 amide bonds. The van der Waals surface area contributed by atoms with Gasteiger partial charge in [-0.1, -0.05) is 17.6 Å². The van der Waals surface area contributed by atoms with E-state index in [1.165, 1.54) is 12.1 Å². The first-order valence-electron chi connectivity index (χ1n) is 6.51. The van der Waals surface area contributed by atoms with Crippen molar-refractivity contribution in [2.75, 3.05) is 13.2 Å². The predicted molar refractivity (Wildman–Crippen MR) is 78.3 cm³/mol. The Morgan fingerprint density at radius 2 is 2.32 bits per heavy atom. The number of fused-ring (bicyclic) bond motifs is 3. The average Bonchev–Trinajstić information content (AvgIpc) is 2.88. The molecule has 1 aromatic heterocycles. The van der Waals surface area contributed by atoms with Gasteiger partial charge in [-0.2, -0.15) is 8.78 Å². The summed E-state index contributed by atoms with van der Waals surface area (Å²) in [5.74, 6) is -3.71. The van der Waals surface area contributed by atoms with Gasteiger partial charge in [-0.15, -0.1) is 11.3 Å². The molecule has 0 bridgehead atoms. The lowest BCUT2D eigenvalue weighted by atomic mass is 9.93. The number of alkyl halides is 2. The van der Waals surface area contributed by atoms with Crippen LogP contribution < -0.4 is 10.2 Å². The lowest BCUT2D eigenvalue weighted by Crippen LogP contribution is -2.20. The fourth-order valence-electron chi connectivity index (χ4n) is 2.12. The predicted octanol–water partition coefficient (Wildman–Crippen LogP) is 2.26. The van der Waals surface area contributed by atoms with Crippen molar-refractivity contribution in [1.29, 1.82) is 0 Å². The third-order valence-corrected chi connectivity index (χ3v) is 4.22. The maximum Gasteiger partial charge on any atom is 0.367 e. The molecular formula is C14H10BF2NO3S. The van der Waals surface area contributed by atoms with Crippen LogP contribution in [0.1, 0.15) is 21.6 Å². The molecule has 0 aliphatic carbocycles. The molecule has 1 aliphatic heterocycles. The molecule has 0 saturated carbocycles. The number of carbonyl (C=O) groups excluding carboxylic acids is 1. The van der Waals surface area contributed by atoms with Crippen LogP contribution in [0, 0.1) is 0 Å². The molecule has 0 spiro atoms. The van der Waals surface area contributed by atoms with Crippen molar-refractivity contribution in [3.8, 4) is 17.0 Å². The summed E-state index contributed by atoms with van der Waals surface area (Å²) >= 11 is 0.617. The van der Waals surface area contributed by atoms with Crippen molar-refractivity contribution < 1.29 is 23.0 Å². The summed E-state index contributed by atoms with van der Waals surface area (Å²) in [6, 6.07) is 4.57. The first kappa shape index (κ1) is 15.0. The summed E-state index contributed by atoms with van der Waals surface area (Å²) in [5.41, 5.74) is 0.751. The van der Waals surface area contributed by atoms with Gasteiger partial charge < -0.3 is 9.47 Å². The Morgan fingerprint density at radius 3 is 3.05 bits per heavy atom. The number of halogens is 2. The number of esters is 1. The van der Waals surface area contributed by atoms with E-state index in [1.54, 1.807) is 13.0 Å². The molecule has 1 aliphatic rings. The lowest BCUT2D eigenvalue weighted by molar-refractivity contribution is -0.0412. The molecule has 2 heterocycles. The highest BCUT2D eigenvalue weighted by molar-refractivity contribution is 7.14. The van der Waals surface area contributed by atoms with Crippen LogP contribution in [0.3, 0.4) is 0 Å². The molecule has 112 valence electrons. The number of rotatable bonds is 2. The van der Waals surface area contributed by atoms with E-state index in [0.717, 1.165) is 0 Å².